The van der Waals surface area contributed by atoms with E-state index in [2.05, 4.69) is 18.9 Å². The van der Waals surface area contributed by atoms with Gasteiger partial charge < -0.3 is 14.4 Å². The summed E-state index contributed by atoms with van der Waals surface area (Å²) in [6.45, 7) is 4.34. The van der Waals surface area contributed by atoms with Gasteiger partial charge in [0.2, 0.25) is 5.60 Å². The molecule has 0 saturated heterocycles. The normalized spacial score (nSPS) is 11.5. The van der Waals surface area contributed by atoms with E-state index < -0.39 is 5.60 Å². The SMILES string of the molecule is CCN(C)CCCOC(=O)C(OC)(c1ccccc1)c1ccccc1. The van der Waals surface area contributed by atoms with Gasteiger partial charge in [-0.05, 0) is 31.1 Å². The highest BCUT2D eigenvalue weighted by Crippen LogP contribution is 2.34. The van der Waals surface area contributed by atoms with E-state index in [-0.39, 0.29) is 5.97 Å². The molecule has 25 heavy (non-hydrogen) atoms. The first kappa shape index (κ1) is 19.2. The van der Waals surface area contributed by atoms with Crippen LogP contribution in [-0.4, -0.2) is 44.7 Å². The van der Waals surface area contributed by atoms with Crippen molar-refractivity contribution in [2.75, 3.05) is 33.9 Å². The van der Waals surface area contributed by atoms with Gasteiger partial charge in [0, 0.05) is 13.7 Å². The molecule has 4 nitrogen and oxygen atoms in total. The minimum absolute atomic E-state index is 0.369. The molecule has 2 rings (SSSR count). The van der Waals surface area contributed by atoms with Crippen LogP contribution in [-0.2, 0) is 19.9 Å². The van der Waals surface area contributed by atoms with E-state index in [0.717, 1.165) is 30.6 Å². The molecule has 0 spiro atoms. The van der Waals surface area contributed by atoms with Crippen LogP contribution in [0.1, 0.15) is 24.5 Å². The maximum Gasteiger partial charge on any atom is 0.347 e. The number of carbonyl (C=O) groups excluding carboxylic acids is 1. The lowest BCUT2D eigenvalue weighted by Crippen LogP contribution is -2.41. The van der Waals surface area contributed by atoms with E-state index in [4.69, 9.17) is 9.47 Å². The molecule has 2 aromatic rings. The Balaban J connectivity index is 2.24. The summed E-state index contributed by atoms with van der Waals surface area (Å²) in [6.07, 6.45) is 0.791. The third-order valence-corrected chi connectivity index (χ3v) is 4.41. The van der Waals surface area contributed by atoms with Gasteiger partial charge in [0.25, 0.3) is 0 Å². The standard InChI is InChI=1S/C21H27NO3/c1-4-22(2)16-11-17-25-20(23)21(24-3,18-12-7-5-8-13-18)19-14-9-6-10-15-19/h5-10,12-15H,4,11,16-17H2,1-3H3. The van der Waals surface area contributed by atoms with E-state index >= 15 is 0 Å². The van der Waals surface area contributed by atoms with Crippen LogP contribution in [0.4, 0.5) is 0 Å². The van der Waals surface area contributed by atoms with Crippen molar-refractivity contribution in [1.82, 2.24) is 4.90 Å². The maximum atomic E-state index is 13.1. The number of methoxy groups -OCH3 is 1. The largest absolute Gasteiger partial charge is 0.463 e. The van der Waals surface area contributed by atoms with E-state index in [1.54, 1.807) is 7.11 Å². The van der Waals surface area contributed by atoms with Crippen molar-refractivity contribution in [3.63, 3.8) is 0 Å². The molecule has 0 amide bonds. The summed E-state index contributed by atoms with van der Waals surface area (Å²) in [6, 6.07) is 19.0. The van der Waals surface area contributed by atoms with Gasteiger partial charge in [0.1, 0.15) is 0 Å². The molecule has 0 atom stereocenters. The average Bonchev–Trinajstić information content (AvgIpc) is 2.67. The molecular formula is C21H27NO3. The van der Waals surface area contributed by atoms with Gasteiger partial charge in [-0.2, -0.15) is 0 Å². The number of hydrogen-bond acceptors (Lipinski definition) is 4. The summed E-state index contributed by atoms with van der Waals surface area (Å²) >= 11 is 0. The average molecular weight is 341 g/mol. The summed E-state index contributed by atoms with van der Waals surface area (Å²) < 4.78 is 11.4. The zero-order valence-corrected chi connectivity index (χ0v) is 15.3. The quantitative estimate of drug-likeness (QED) is 0.517. The molecule has 134 valence electrons. The number of esters is 1. The molecule has 0 bridgehead atoms. The first-order chi connectivity index (χ1) is 12.1. The zero-order valence-electron chi connectivity index (χ0n) is 15.3. The van der Waals surface area contributed by atoms with Crippen LogP contribution in [0.3, 0.4) is 0 Å². The highest BCUT2D eigenvalue weighted by atomic mass is 16.6. The molecule has 0 N–H and O–H groups in total. The Morgan fingerprint density at radius 2 is 1.52 bits per heavy atom. The minimum atomic E-state index is -1.25. The van der Waals surface area contributed by atoms with E-state index in [1.165, 1.54) is 0 Å². The molecule has 0 saturated carbocycles. The Labute approximate surface area is 150 Å². The van der Waals surface area contributed by atoms with Crippen molar-refractivity contribution in [2.24, 2.45) is 0 Å². The van der Waals surface area contributed by atoms with Crippen molar-refractivity contribution in [1.29, 1.82) is 0 Å². The van der Waals surface area contributed by atoms with Crippen LogP contribution in [0.5, 0.6) is 0 Å². The first-order valence-corrected chi connectivity index (χ1v) is 8.67. The number of carbonyl (C=O) groups is 1. The summed E-state index contributed by atoms with van der Waals surface area (Å²) in [4.78, 5) is 15.2. The first-order valence-electron chi connectivity index (χ1n) is 8.67. The number of ether oxygens (including phenoxy) is 2. The van der Waals surface area contributed by atoms with Crippen molar-refractivity contribution < 1.29 is 14.3 Å². The molecular weight excluding hydrogens is 314 g/mol. The summed E-state index contributed by atoms with van der Waals surface area (Å²) in [5, 5.41) is 0. The molecule has 0 unspecified atom stereocenters. The van der Waals surface area contributed by atoms with Gasteiger partial charge in [-0.1, -0.05) is 67.6 Å². The fraction of sp³-hybridized carbons (Fsp3) is 0.381. The van der Waals surface area contributed by atoms with Gasteiger partial charge in [0.05, 0.1) is 6.61 Å². The molecule has 4 heteroatoms. The second-order valence-corrected chi connectivity index (χ2v) is 6.00. The highest BCUT2D eigenvalue weighted by molar-refractivity contribution is 5.85. The third-order valence-electron chi connectivity index (χ3n) is 4.41. The third kappa shape index (κ3) is 4.47. The molecule has 0 aliphatic rings. The lowest BCUT2D eigenvalue weighted by atomic mass is 9.86. The van der Waals surface area contributed by atoms with Crippen LogP contribution in [0.25, 0.3) is 0 Å². The number of rotatable bonds is 9. The van der Waals surface area contributed by atoms with E-state index in [1.807, 2.05) is 60.7 Å². The topological polar surface area (TPSA) is 38.8 Å². The Morgan fingerprint density at radius 3 is 1.96 bits per heavy atom. The van der Waals surface area contributed by atoms with Crippen LogP contribution in [0, 0.1) is 0 Å². The maximum absolute atomic E-state index is 13.1. The zero-order chi connectivity index (χ0) is 18.1. The molecule has 2 aromatic carbocycles. The highest BCUT2D eigenvalue weighted by Gasteiger charge is 2.44. The fourth-order valence-corrected chi connectivity index (χ4v) is 2.83. The van der Waals surface area contributed by atoms with Crippen LogP contribution in [0.15, 0.2) is 60.7 Å². The number of benzene rings is 2. The lowest BCUT2D eigenvalue weighted by molar-refractivity contribution is -0.165. The second-order valence-electron chi connectivity index (χ2n) is 6.00. The molecule has 0 aliphatic carbocycles. The summed E-state index contributed by atoms with van der Waals surface area (Å²) in [7, 11) is 3.60. The van der Waals surface area contributed by atoms with Crippen molar-refractivity contribution in [3.05, 3.63) is 71.8 Å². The minimum Gasteiger partial charge on any atom is -0.463 e. The smallest absolute Gasteiger partial charge is 0.347 e. The van der Waals surface area contributed by atoms with Crippen LogP contribution < -0.4 is 0 Å². The Kier molecular flexibility index (Phi) is 7.16. The van der Waals surface area contributed by atoms with Gasteiger partial charge in [-0.3, -0.25) is 0 Å². The Bertz CT molecular complexity index is 603. The van der Waals surface area contributed by atoms with Gasteiger partial charge >= 0.3 is 5.97 Å². The fourth-order valence-electron chi connectivity index (χ4n) is 2.83. The van der Waals surface area contributed by atoms with E-state index in [0.29, 0.717) is 6.61 Å². The predicted molar refractivity (Wildman–Crippen MR) is 99.4 cm³/mol. The van der Waals surface area contributed by atoms with Crippen molar-refractivity contribution >= 4 is 5.97 Å². The van der Waals surface area contributed by atoms with E-state index in [9.17, 15) is 4.79 Å². The molecule has 0 radical (unpaired) electrons. The van der Waals surface area contributed by atoms with Crippen LogP contribution >= 0.6 is 0 Å². The van der Waals surface area contributed by atoms with Gasteiger partial charge in [-0.15, -0.1) is 0 Å². The van der Waals surface area contributed by atoms with Gasteiger partial charge in [-0.25, -0.2) is 4.79 Å². The van der Waals surface area contributed by atoms with Crippen molar-refractivity contribution in [2.45, 2.75) is 18.9 Å². The molecule has 0 aromatic heterocycles. The predicted octanol–water partition coefficient (Wildman–Crippen LogP) is 3.46. The lowest BCUT2D eigenvalue weighted by Gasteiger charge is -2.31. The van der Waals surface area contributed by atoms with Crippen molar-refractivity contribution in [3.8, 4) is 0 Å². The van der Waals surface area contributed by atoms with Gasteiger partial charge in [0.15, 0.2) is 0 Å². The summed E-state index contributed by atoms with van der Waals surface area (Å²) in [5.74, 6) is -0.383. The number of nitrogens with zero attached hydrogens (tertiary/aromatic N) is 1. The molecule has 0 heterocycles. The second kappa shape index (κ2) is 9.35. The monoisotopic (exact) mass is 341 g/mol. The Hall–Kier alpha value is -2.17. The number of hydrogen-bond donors (Lipinski definition) is 0. The molecule has 0 aliphatic heterocycles. The molecule has 0 fully saturated rings. The van der Waals surface area contributed by atoms with Crippen LogP contribution in [0.2, 0.25) is 0 Å². The Morgan fingerprint density at radius 1 is 1.00 bits per heavy atom. The summed E-state index contributed by atoms with van der Waals surface area (Å²) in [5.41, 5.74) is 0.276.